The molecule has 36 heavy (non-hydrogen) atoms. The molecule has 0 bridgehead atoms. The number of halogens is 4. The number of hydrogen-bond acceptors (Lipinski definition) is 5. The summed E-state index contributed by atoms with van der Waals surface area (Å²) in [4.78, 5) is 24.8. The molecule has 1 aromatic heterocycles. The van der Waals surface area contributed by atoms with Crippen LogP contribution in [0.25, 0.3) is 5.69 Å². The third-order valence-electron chi connectivity index (χ3n) is 5.33. The Bertz CT molecular complexity index is 1410. The average molecular weight is 543 g/mol. The second-order valence-electron chi connectivity index (χ2n) is 7.99. The van der Waals surface area contributed by atoms with E-state index in [0.29, 0.717) is 11.1 Å². The molecule has 2 aromatic carbocycles. The molecule has 0 saturated carbocycles. The highest BCUT2D eigenvalue weighted by atomic mass is 35.5. The number of amides is 1. The van der Waals surface area contributed by atoms with E-state index in [9.17, 15) is 31.2 Å². The van der Waals surface area contributed by atoms with Gasteiger partial charge in [-0.05, 0) is 49.2 Å². The van der Waals surface area contributed by atoms with Crippen molar-refractivity contribution in [1.29, 1.82) is 0 Å². The highest BCUT2D eigenvalue weighted by molar-refractivity contribution is 7.73. The normalized spacial score (nSPS) is 12.0. The molecular formula is C24H22ClF3N2O5S. The Labute approximate surface area is 211 Å². The molecule has 12 heteroatoms. The van der Waals surface area contributed by atoms with Gasteiger partial charge in [0.1, 0.15) is 51.2 Å². The lowest BCUT2D eigenvalue weighted by molar-refractivity contribution is -0.121. The number of benzene rings is 2. The molecule has 0 spiro atoms. The molecule has 1 amide bonds. The first-order valence-corrected chi connectivity index (χ1v) is 12.3. The number of carbonyl (C=O) groups excluding carboxylic acids is 1. The Kier molecular flexibility index (Phi) is 8.80. The number of para-hydroxylation sites is 1. The van der Waals surface area contributed by atoms with Crippen LogP contribution in [-0.4, -0.2) is 24.1 Å². The number of carbonyl (C=O) groups is 1. The van der Waals surface area contributed by atoms with Gasteiger partial charge >= 0.3 is 0 Å². The smallest absolute Gasteiger partial charge is 0.278 e. The zero-order valence-electron chi connectivity index (χ0n) is 19.2. The quantitative estimate of drug-likeness (QED) is 0.401. The second-order valence-corrected chi connectivity index (χ2v) is 9.82. The minimum atomic E-state index is -2.75. The van der Waals surface area contributed by atoms with Crippen LogP contribution in [0.3, 0.4) is 0 Å². The van der Waals surface area contributed by atoms with Crippen molar-refractivity contribution < 1.29 is 31.1 Å². The van der Waals surface area contributed by atoms with Crippen LogP contribution < -0.4 is 15.6 Å². The van der Waals surface area contributed by atoms with Gasteiger partial charge in [-0.3, -0.25) is 14.2 Å². The predicted octanol–water partition coefficient (Wildman–Crippen LogP) is 3.80. The lowest BCUT2D eigenvalue weighted by atomic mass is 10.1. The van der Waals surface area contributed by atoms with E-state index >= 15 is 0 Å². The zero-order chi connectivity index (χ0) is 26.6. The first-order valence-electron chi connectivity index (χ1n) is 10.7. The molecule has 192 valence electrons. The number of ether oxygens (including phenoxy) is 1. The molecular weight excluding hydrogens is 521 g/mol. The van der Waals surface area contributed by atoms with Gasteiger partial charge in [0.05, 0.1) is 5.25 Å². The summed E-state index contributed by atoms with van der Waals surface area (Å²) in [6.45, 7) is 2.57. The molecule has 0 aliphatic heterocycles. The second kappa shape index (κ2) is 11.6. The maximum Gasteiger partial charge on any atom is 0.278 e. The van der Waals surface area contributed by atoms with E-state index in [1.54, 1.807) is 0 Å². The van der Waals surface area contributed by atoms with E-state index in [1.807, 2.05) is 0 Å². The fraction of sp³-hybridized carbons (Fsp3) is 0.250. The van der Waals surface area contributed by atoms with Crippen molar-refractivity contribution in [1.82, 2.24) is 9.88 Å². The summed E-state index contributed by atoms with van der Waals surface area (Å²) in [5, 5.41) is 1.27. The molecule has 0 fully saturated rings. The Balaban J connectivity index is 1.82. The monoisotopic (exact) mass is 542 g/mol. The van der Waals surface area contributed by atoms with E-state index in [1.165, 1.54) is 44.2 Å². The third kappa shape index (κ3) is 6.27. The third-order valence-corrected chi connectivity index (χ3v) is 6.58. The van der Waals surface area contributed by atoms with Crippen LogP contribution in [0.15, 0.2) is 47.3 Å². The van der Waals surface area contributed by atoms with Gasteiger partial charge in [-0.2, -0.15) is 0 Å². The number of thiol groups is 1. The van der Waals surface area contributed by atoms with Crippen molar-refractivity contribution in [3.8, 4) is 11.4 Å². The summed E-state index contributed by atoms with van der Waals surface area (Å²) in [6, 6.07) is 8.32. The maximum absolute atomic E-state index is 14.2. The van der Waals surface area contributed by atoms with Crippen LogP contribution in [0.1, 0.15) is 30.2 Å². The van der Waals surface area contributed by atoms with Crippen molar-refractivity contribution in [2.24, 2.45) is 0 Å². The van der Waals surface area contributed by atoms with Gasteiger partial charge in [-0.25, -0.2) is 21.6 Å². The molecule has 1 heterocycles. The van der Waals surface area contributed by atoms with Crippen LogP contribution in [0.5, 0.6) is 5.75 Å². The Morgan fingerprint density at radius 1 is 1.11 bits per heavy atom. The van der Waals surface area contributed by atoms with Gasteiger partial charge in [0, 0.05) is 24.7 Å². The lowest BCUT2D eigenvalue weighted by Crippen LogP contribution is -2.27. The highest BCUT2D eigenvalue weighted by Crippen LogP contribution is 2.27. The first kappa shape index (κ1) is 27.3. The Morgan fingerprint density at radius 2 is 1.78 bits per heavy atom. The SMILES string of the molecule is Cc1cc(OCc2ccc(F)cc2CNC(=O)CC(C)[SH](=O)=O)c(Cl)c(=O)n1-c1c(F)cccc1F. The van der Waals surface area contributed by atoms with Gasteiger partial charge in [-0.1, -0.05) is 23.7 Å². The number of pyridine rings is 1. The predicted molar refractivity (Wildman–Crippen MR) is 129 cm³/mol. The van der Waals surface area contributed by atoms with E-state index in [2.05, 4.69) is 5.32 Å². The number of nitrogens with zero attached hydrogens (tertiary/aromatic N) is 1. The standard InChI is InChI=1S/C24H22ClF3N2O5S/c1-13-8-20(22(25)24(32)30(13)23-18(27)4-3-5-19(23)28)35-12-15-6-7-17(26)10-16(15)11-29-21(31)9-14(2)36(33)34/h3-8,10,14,36H,9,11-12H2,1-2H3,(H,29,31). The summed E-state index contributed by atoms with van der Waals surface area (Å²) in [5.74, 6) is -3.04. The van der Waals surface area contributed by atoms with E-state index in [4.69, 9.17) is 16.3 Å². The summed E-state index contributed by atoms with van der Waals surface area (Å²) in [6.07, 6.45) is -0.242. The van der Waals surface area contributed by atoms with Crippen LogP contribution >= 0.6 is 11.6 Å². The van der Waals surface area contributed by atoms with Crippen LogP contribution in [0.4, 0.5) is 13.2 Å². The van der Waals surface area contributed by atoms with E-state index in [-0.39, 0.29) is 31.0 Å². The molecule has 0 aliphatic carbocycles. The summed E-state index contributed by atoms with van der Waals surface area (Å²) >= 11 is 6.16. The highest BCUT2D eigenvalue weighted by Gasteiger charge is 2.20. The van der Waals surface area contributed by atoms with E-state index < -0.39 is 55.6 Å². The largest absolute Gasteiger partial charge is 0.487 e. The van der Waals surface area contributed by atoms with Crippen molar-refractivity contribution >= 4 is 28.2 Å². The number of aromatic nitrogens is 1. The fourth-order valence-corrected chi connectivity index (χ4v) is 3.94. The van der Waals surface area contributed by atoms with Gasteiger partial charge in [0.2, 0.25) is 5.91 Å². The lowest BCUT2D eigenvalue weighted by Gasteiger charge is -2.16. The van der Waals surface area contributed by atoms with Gasteiger partial charge in [-0.15, -0.1) is 0 Å². The molecule has 3 aromatic rings. The molecule has 1 atom stereocenters. The van der Waals surface area contributed by atoms with Crippen molar-refractivity contribution in [3.05, 3.63) is 92.1 Å². The summed E-state index contributed by atoms with van der Waals surface area (Å²) in [7, 11) is -2.75. The van der Waals surface area contributed by atoms with Gasteiger partial charge in [0.25, 0.3) is 5.56 Å². The Hall–Kier alpha value is -3.31. The number of rotatable bonds is 9. The molecule has 0 saturated heterocycles. The summed E-state index contributed by atoms with van der Waals surface area (Å²) in [5.41, 5.74) is -0.496. The topological polar surface area (TPSA) is 94.5 Å². The molecule has 1 N–H and O–H groups in total. The van der Waals surface area contributed by atoms with Crippen LogP contribution in [0, 0.1) is 24.4 Å². The number of hydrogen-bond donors (Lipinski definition) is 2. The molecule has 1 unspecified atom stereocenters. The fourth-order valence-electron chi connectivity index (χ4n) is 3.43. The van der Waals surface area contributed by atoms with Crippen molar-refractivity contribution in [3.63, 3.8) is 0 Å². The number of aryl methyl sites for hydroxylation is 1. The minimum absolute atomic E-state index is 0.0560. The van der Waals surface area contributed by atoms with Crippen molar-refractivity contribution in [2.45, 2.75) is 38.7 Å². The minimum Gasteiger partial charge on any atom is -0.487 e. The molecule has 0 radical (unpaired) electrons. The van der Waals surface area contributed by atoms with Crippen LogP contribution in [0.2, 0.25) is 5.02 Å². The van der Waals surface area contributed by atoms with Crippen molar-refractivity contribution in [2.75, 3.05) is 0 Å². The molecule has 3 rings (SSSR count). The molecule has 0 aliphatic rings. The van der Waals surface area contributed by atoms with Gasteiger partial charge in [0.15, 0.2) is 0 Å². The van der Waals surface area contributed by atoms with Crippen LogP contribution in [-0.2, 0) is 28.7 Å². The first-order chi connectivity index (χ1) is 17.0. The van der Waals surface area contributed by atoms with Gasteiger partial charge < -0.3 is 10.1 Å². The Morgan fingerprint density at radius 3 is 2.42 bits per heavy atom. The average Bonchev–Trinajstić information content (AvgIpc) is 2.81. The molecule has 7 nitrogen and oxygen atoms in total. The maximum atomic E-state index is 14.2. The zero-order valence-corrected chi connectivity index (χ0v) is 20.8. The number of nitrogens with one attached hydrogen (secondary N) is 1. The summed E-state index contributed by atoms with van der Waals surface area (Å²) < 4.78 is 70.7. The van der Waals surface area contributed by atoms with E-state index in [0.717, 1.165) is 16.7 Å².